The maximum atomic E-state index is 12.1. The molecule has 0 atom stereocenters. The Balaban J connectivity index is 1.95. The van der Waals surface area contributed by atoms with E-state index in [1.165, 1.54) is 5.56 Å². The third-order valence-electron chi connectivity index (χ3n) is 3.03. The van der Waals surface area contributed by atoms with Crippen molar-refractivity contribution in [3.8, 4) is 0 Å². The molecule has 1 amide bonds. The van der Waals surface area contributed by atoms with Crippen LogP contribution in [0.15, 0.2) is 53.0 Å². The second kappa shape index (κ2) is 7.22. The number of rotatable bonds is 5. The van der Waals surface area contributed by atoms with Crippen molar-refractivity contribution in [2.75, 3.05) is 6.54 Å². The maximum Gasteiger partial charge on any atom is 0.252 e. The van der Waals surface area contributed by atoms with E-state index in [1.807, 2.05) is 42.5 Å². The van der Waals surface area contributed by atoms with Gasteiger partial charge >= 0.3 is 0 Å². The zero-order valence-corrected chi connectivity index (χ0v) is 12.7. The molecule has 0 fully saturated rings. The van der Waals surface area contributed by atoms with E-state index in [0.717, 1.165) is 16.5 Å². The zero-order chi connectivity index (χ0) is 14.4. The first kappa shape index (κ1) is 14.8. The third-order valence-corrected chi connectivity index (χ3v) is 3.72. The fourth-order valence-corrected chi connectivity index (χ4v) is 2.38. The van der Waals surface area contributed by atoms with Crippen LogP contribution in [0.1, 0.15) is 21.5 Å². The van der Waals surface area contributed by atoms with Gasteiger partial charge in [0.2, 0.25) is 0 Å². The number of carbonyl (C=O) groups excluding carboxylic acids is 1. The van der Waals surface area contributed by atoms with E-state index >= 15 is 0 Å². The van der Waals surface area contributed by atoms with Crippen LogP contribution in [0.3, 0.4) is 0 Å². The molecule has 0 bridgehead atoms. The zero-order valence-electron chi connectivity index (χ0n) is 11.1. The Kier molecular flexibility index (Phi) is 5.32. The highest BCUT2D eigenvalue weighted by molar-refractivity contribution is 9.10. The Morgan fingerprint density at radius 3 is 2.35 bits per heavy atom. The molecule has 2 aromatic carbocycles. The number of carbonyl (C=O) groups is 1. The molecule has 0 aliphatic carbocycles. The molecule has 2 aromatic rings. The fourth-order valence-electron chi connectivity index (χ4n) is 1.91. The molecule has 0 spiro atoms. The van der Waals surface area contributed by atoms with Gasteiger partial charge in [-0.25, -0.2) is 0 Å². The lowest BCUT2D eigenvalue weighted by Gasteiger charge is -2.07. The lowest BCUT2D eigenvalue weighted by molar-refractivity contribution is 0.0950. The molecule has 2 rings (SSSR count). The Bertz CT molecular complexity index is 581. The predicted octanol–water partition coefficient (Wildman–Crippen LogP) is 2.88. The van der Waals surface area contributed by atoms with Crippen molar-refractivity contribution < 1.29 is 4.79 Å². The minimum absolute atomic E-state index is 0.0801. The highest BCUT2D eigenvalue weighted by atomic mass is 79.9. The molecule has 0 radical (unpaired) electrons. The van der Waals surface area contributed by atoms with Gasteiger partial charge in [-0.05, 0) is 52.2 Å². The van der Waals surface area contributed by atoms with Crippen LogP contribution in [0.4, 0.5) is 0 Å². The van der Waals surface area contributed by atoms with Gasteiger partial charge in [0.25, 0.3) is 5.91 Å². The minimum Gasteiger partial charge on any atom is -0.348 e. The van der Waals surface area contributed by atoms with E-state index in [9.17, 15) is 4.79 Å². The summed E-state index contributed by atoms with van der Waals surface area (Å²) in [6, 6.07) is 15.5. The average molecular weight is 333 g/mol. The summed E-state index contributed by atoms with van der Waals surface area (Å²) >= 11 is 3.38. The fraction of sp³-hybridized carbons (Fsp3) is 0.188. The largest absolute Gasteiger partial charge is 0.348 e. The van der Waals surface area contributed by atoms with Crippen LogP contribution in [-0.2, 0) is 13.0 Å². The number of amides is 1. The molecular formula is C16H17BrN2O. The van der Waals surface area contributed by atoms with Gasteiger partial charge in [0, 0.05) is 11.0 Å². The highest BCUT2D eigenvalue weighted by Gasteiger charge is 2.08. The van der Waals surface area contributed by atoms with Crippen LogP contribution in [0.25, 0.3) is 0 Å². The molecule has 0 aliphatic rings. The molecule has 0 aliphatic heterocycles. The Hall–Kier alpha value is -1.65. The number of halogens is 1. The highest BCUT2D eigenvalue weighted by Crippen LogP contribution is 2.15. The number of nitrogens with one attached hydrogen (secondary N) is 1. The van der Waals surface area contributed by atoms with Crippen LogP contribution in [-0.4, -0.2) is 12.5 Å². The Morgan fingerprint density at radius 2 is 1.70 bits per heavy atom. The smallest absolute Gasteiger partial charge is 0.252 e. The molecular weight excluding hydrogens is 316 g/mol. The first-order valence-electron chi connectivity index (χ1n) is 6.51. The Labute approximate surface area is 127 Å². The van der Waals surface area contributed by atoms with Crippen LogP contribution >= 0.6 is 15.9 Å². The molecule has 0 aromatic heterocycles. The molecule has 3 N–H and O–H groups in total. The quantitative estimate of drug-likeness (QED) is 0.884. The van der Waals surface area contributed by atoms with Gasteiger partial charge in [-0.2, -0.15) is 0 Å². The molecule has 0 saturated heterocycles. The van der Waals surface area contributed by atoms with Crippen molar-refractivity contribution in [3.63, 3.8) is 0 Å². The van der Waals surface area contributed by atoms with E-state index in [4.69, 9.17) is 5.73 Å². The van der Waals surface area contributed by atoms with Crippen molar-refractivity contribution in [1.82, 2.24) is 5.32 Å². The van der Waals surface area contributed by atoms with Crippen molar-refractivity contribution in [1.29, 1.82) is 0 Å². The van der Waals surface area contributed by atoms with E-state index in [0.29, 0.717) is 18.7 Å². The SMILES string of the molecule is NCCc1ccc(CNC(=O)c2ccccc2Br)cc1. The number of hydrogen-bond acceptors (Lipinski definition) is 2. The van der Waals surface area contributed by atoms with Gasteiger partial charge in [0.1, 0.15) is 0 Å². The standard InChI is InChI=1S/C16H17BrN2O/c17-15-4-2-1-3-14(15)16(20)19-11-13-7-5-12(6-8-13)9-10-18/h1-8H,9-11,18H2,(H,19,20). The Morgan fingerprint density at radius 1 is 1.05 bits per heavy atom. The summed E-state index contributed by atoms with van der Waals surface area (Å²) in [7, 11) is 0. The summed E-state index contributed by atoms with van der Waals surface area (Å²) in [4.78, 5) is 12.1. The monoisotopic (exact) mass is 332 g/mol. The minimum atomic E-state index is -0.0801. The van der Waals surface area contributed by atoms with E-state index < -0.39 is 0 Å². The van der Waals surface area contributed by atoms with Crippen LogP contribution in [0, 0.1) is 0 Å². The van der Waals surface area contributed by atoms with Gasteiger partial charge in [-0.3, -0.25) is 4.79 Å². The van der Waals surface area contributed by atoms with Crippen LogP contribution in [0.2, 0.25) is 0 Å². The molecule has 0 unspecified atom stereocenters. The van der Waals surface area contributed by atoms with Crippen LogP contribution in [0.5, 0.6) is 0 Å². The predicted molar refractivity (Wildman–Crippen MR) is 84.5 cm³/mol. The first-order chi connectivity index (χ1) is 9.70. The summed E-state index contributed by atoms with van der Waals surface area (Å²) in [5.41, 5.74) is 8.45. The second-order valence-corrected chi connectivity index (χ2v) is 5.37. The summed E-state index contributed by atoms with van der Waals surface area (Å²) in [5.74, 6) is -0.0801. The van der Waals surface area contributed by atoms with Gasteiger partial charge in [-0.15, -0.1) is 0 Å². The van der Waals surface area contributed by atoms with Crippen molar-refractivity contribution >= 4 is 21.8 Å². The molecule has 0 heterocycles. The summed E-state index contributed by atoms with van der Waals surface area (Å²) in [6.45, 7) is 1.17. The second-order valence-electron chi connectivity index (χ2n) is 4.52. The third kappa shape index (κ3) is 3.92. The van der Waals surface area contributed by atoms with E-state index in [1.54, 1.807) is 6.07 Å². The van der Waals surface area contributed by atoms with E-state index in [-0.39, 0.29) is 5.91 Å². The van der Waals surface area contributed by atoms with Gasteiger partial charge in [-0.1, -0.05) is 36.4 Å². The lowest BCUT2D eigenvalue weighted by atomic mass is 10.1. The summed E-state index contributed by atoms with van der Waals surface area (Å²) < 4.78 is 0.802. The topological polar surface area (TPSA) is 55.1 Å². The molecule has 3 nitrogen and oxygen atoms in total. The van der Waals surface area contributed by atoms with Crippen LogP contribution < -0.4 is 11.1 Å². The lowest BCUT2D eigenvalue weighted by Crippen LogP contribution is -2.23. The summed E-state index contributed by atoms with van der Waals surface area (Å²) in [5, 5.41) is 2.91. The van der Waals surface area contributed by atoms with Crippen molar-refractivity contribution in [2.24, 2.45) is 5.73 Å². The van der Waals surface area contributed by atoms with Crippen molar-refractivity contribution in [2.45, 2.75) is 13.0 Å². The normalized spacial score (nSPS) is 10.3. The molecule has 104 valence electrons. The number of benzene rings is 2. The number of nitrogens with two attached hydrogens (primary N) is 1. The summed E-state index contributed by atoms with van der Waals surface area (Å²) in [6.07, 6.45) is 0.879. The first-order valence-corrected chi connectivity index (χ1v) is 7.30. The van der Waals surface area contributed by atoms with Gasteiger partial charge in [0.15, 0.2) is 0 Å². The molecule has 0 saturated carbocycles. The van der Waals surface area contributed by atoms with Gasteiger partial charge in [0.05, 0.1) is 5.56 Å². The number of hydrogen-bond donors (Lipinski definition) is 2. The molecule has 4 heteroatoms. The average Bonchev–Trinajstić information content (AvgIpc) is 2.47. The maximum absolute atomic E-state index is 12.1. The van der Waals surface area contributed by atoms with Crippen molar-refractivity contribution in [3.05, 3.63) is 69.7 Å². The van der Waals surface area contributed by atoms with Gasteiger partial charge < -0.3 is 11.1 Å². The molecule has 20 heavy (non-hydrogen) atoms. The van der Waals surface area contributed by atoms with E-state index in [2.05, 4.69) is 21.2 Å².